The van der Waals surface area contributed by atoms with Gasteiger partial charge in [0, 0.05) is 6.04 Å². The van der Waals surface area contributed by atoms with Crippen molar-refractivity contribution in [3.63, 3.8) is 0 Å². The summed E-state index contributed by atoms with van der Waals surface area (Å²) in [6.07, 6.45) is 7.37. The Kier molecular flexibility index (Phi) is 11.5. The third-order valence-corrected chi connectivity index (χ3v) is 7.32. The van der Waals surface area contributed by atoms with Gasteiger partial charge in [0.05, 0.1) is 12.1 Å². The number of imide groups is 1. The molecular formula is C28H52N2O6. The largest absolute Gasteiger partial charge is 0.443 e. The van der Waals surface area contributed by atoms with E-state index < -0.39 is 47.7 Å². The van der Waals surface area contributed by atoms with E-state index in [4.69, 9.17) is 15.2 Å². The molecule has 2 rings (SSSR count). The Morgan fingerprint density at radius 2 is 1.14 bits per heavy atom. The second-order valence-electron chi connectivity index (χ2n) is 13.0. The molecule has 0 aromatic rings. The molecule has 0 heterocycles. The van der Waals surface area contributed by atoms with E-state index in [-0.39, 0.29) is 5.92 Å². The summed E-state index contributed by atoms with van der Waals surface area (Å²) in [6.45, 7) is 10.3. The minimum Gasteiger partial charge on any atom is -0.443 e. The third kappa shape index (κ3) is 10.2. The van der Waals surface area contributed by atoms with E-state index in [2.05, 4.69) is 0 Å². The molecule has 0 saturated heterocycles. The van der Waals surface area contributed by atoms with Crippen molar-refractivity contribution in [2.75, 3.05) is 0 Å². The van der Waals surface area contributed by atoms with E-state index in [9.17, 15) is 19.8 Å². The van der Waals surface area contributed by atoms with Gasteiger partial charge < -0.3 is 25.4 Å². The van der Waals surface area contributed by atoms with E-state index in [1.807, 2.05) is 0 Å². The van der Waals surface area contributed by atoms with Crippen LogP contribution in [0.4, 0.5) is 9.59 Å². The molecule has 2 amide bonds. The fraction of sp³-hybridized carbons (Fsp3) is 0.929. The zero-order chi connectivity index (χ0) is 27.1. The molecule has 2 aliphatic rings. The van der Waals surface area contributed by atoms with Gasteiger partial charge in [0.2, 0.25) is 0 Å². The molecule has 2 saturated carbocycles. The predicted octanol–water partition coefficient (Wildman–Crippen LogP) is 5.52. The zero-order valence-electron chi connectivity index (χ0n) is 23.5. The maximum absolute atomic E-state index is 13.4. The van der Waals surface area contributed by atoms with Crippen LogP contribution in [-0.2, 0) is 9.47 Å². The number of nitrogens with two attached hydrogens (primary N) is 1. The van der Waals surface area contributed by atoms with Crippen LogP contribution in [0.1, 0.15) is 119 Å². The number of hydrogen-bond acceptors (Lipinski definition) is 7. The highest BCUT2D eigenvalue weighted by Gasteiger charge is 2.44. The van der Waals surface area contributed by atoms with Crippen LogP contribution >= 0.6 is 0 Å². The summed E-state index contributed by atoms with van der Waals surface area (Å²) in [6, 6.07) is -1.67. The van der Waals surface area contributed by atoms with Gasteiger partial charge in [0.1, 0.15) is 17.3 Å². The van der Waals surface area contributed by atoms with Gasteiger partial charge in [-0.25, -0.2) is 14.5 Å². The van der Waals surface area contributed by atoms with Crippen molar-refractivity contribution in [3.05, 3.63) is 0 Å². The minimum absolute atomic E-state index is 0.215. The monoisotopic (exact) mass is 512 g/mol. The Morgan fingerprint density at radius 3 is 1.53 bits per heavy atom. The SMILES string of the molecule is CC(C)(C)OC(=O)N(C(=O)OC(C)(C)C)[C@@H](CC1CCCCC1)[C@H](O)[C@@H](O)[C@@H](N)CC1CCCCC1. The van der Waals surface area contributed by atoms with Crippen LogP contribution in [0.3, 0.4) is 0 Å². The molecule has 8 nitrogen and oxygen atoms in total. The molecule has 0 aliphatic heterocycles. The van der Waals surface area contributed by atoms with E-state index in [0.717, 1.165) is 62.7 Å². The van der Waals surface area contributed by atoms with E-state index in [0.29, 0.717) is 18.8 Å². The number of nitrogens with zero attached hydrogens (tertiary/aromatic N) is 1. The third-order valence-electron chi connectivity index (χ3n) is 7.32. The average molecular weight is 513 g/mol. The lowest BCUT2D eigenvalue weighted by Gasteiger charge is -2.40. The van der Waals surface area contributed by atoms with Crippen LogP contribution in [0.5, 0.6) is 0 Å². The standard InChI is InChI=1S/C28H52N2O6/c1-27(2,3)35-25(33)30(26(34)36-28(4,5)6)22(18-20-15-11-8-12-16-20)24(32)23(31)21(29)17-19-13-9-7-10-14-19/h19-24,31-32H,7-18,29H2,1-6H3/t21-,22-,23-,24-/m0/s1. The molecule has 2 aliphatic carbocycles. The molecule has 0 aromatic carbocycles. The molecule has 210 valence electrons. The molecule has 0 unspecified atom stereocenters. The van der Waals surface area contributed by atoms with Crippen LogP contribution in [0.2, 0.25) is 0 Å². The van der Waals surface area contributed by atoms with Crippen LogP contribution in [-0.4, -0.2) is 62.8 Å². The lowest BCUT2D eigenvalue weighted by atomic mass is 9.80. The van der Waals surface area contributed by atoms with Gasteiger partial charge in [0.25, 0.3) is 0 Å². The fourth-order valence-electron chi connectivity index (χ4n) is 5.56. The highest BCUT2D eigenvalue weighted by molar-refractivity contribution is 5.88. The summed E-state index contributed by atoms with van der Waals surface area (Å²) in [4.78, 5) is 27.6. The highest BCUT2D eigenvalue weighted by atomic mass is 16.6. The Bertz CT molecular complexity index is 661. The second-order valence-corrected chi connectivity index (χ2v) is 13.0. The van der Waals surface area contributed by atoms with Crippen molar-refractivity contribution in [1.29, 1.82) is 0 Å². The average Bonchev–Trinajstić information content (AvgIpc) is 2.76. The van der Waals surface area contributed by atoms with Crippen molar-refractivity contribution in [2.45, 2.75) is 154 Å². The summed E-state index contributed by atoms with van der Waals surface area (Å²) in [5, 5.41) is 22.7. The first-order valence-corrected chi connectivity index (χ1v) is 14.0. The summed E-state index contributed by atoms with van der Waals surface area (Å²) in [5.41, 5.74) is 4.71. The Labute approximate surface area is 218 Å². The summed E-state index contributed by atoms with van der Waals surface area (Å²) < 4.78 is 11.2. The molecule has 8 heteroatoms. The zero-order valence-corrected chi connectivity index (χ0v) is 23.5. The molecule has 0 spiro atoms. The number of ether oxygens (including phenoxy) is 2. The quantitative estimate of drug-likeness (QED) is 0.391. The van der Waals surface area contributed by atoms with Gasteiger partial charge in [-0.05, 0) is 66.2 Å². The first-order valence-electron chi connectivity index (χ1n) is 14.0. The number of aliphatic hydroxyl groups is 2. The van der Waals surface area contributed by atoms with Crippen molar-refractivity contribution in [2.24, 2.45) is 17.6 Å². The maximum Gasteiger partial charge on any atom is 0.420 e. The number of aliphatic hydroxyl groups excluding tert-OH is 2. The normalized spacial score (nSPS) is 21.8. The fourth-order valence-corrected chi connectivity index (χ4v) is 5.56. The van der Waals surface area contributed by atoms with E-state index in [1.165, 1.54) is 6.42 Å². The minimum atomic E-state index is -1.41. The van der Waals surface area contributed by atoms with Crippen molar-refractivity contribution >= 4 is 12.2 Å². The number of amides is 2. The van der Waals surface area contributed by atoms with Crippen molar-refractivity contribution < 1.29 is 29.3 Å². The van der Waals surface area contributed by atoms with Crippen molar-refractivity contribution in [1.82, 2.24) is 4.90 Å². The topological polar surface area (TPSA) is 122 Å². The summed E-state index contributed by atoms with van der Waals surface area (Å²) in [5.74, 6) is 0.632. The molecule has 4 atom stereocenters. The smallest absolute Gasteiger partial charge is 0.420 e. The van der Waals surface area contributed by atoms with Gasteiger partial charge in [0.15, 0.2) is 0 Å². The van der Waals surface area contributed by atoms with Gasteiger partial charge in [-0.1, -0.05) is 64.2 Å². The van der Waals surface area contributed by atoms with E-state index >= 15 is 0 Å². The second kappa shape index (κ2) is 13.4. The number of carbonyl (C=O) groups is 2. The van der Waals surface area contributed by atoms with Gasteiger partial charge in [-0.3, -0.25) is 0 Å². The predicted molar refractivity (Wildman–Crippen MR) is 140 cm³/mol. The Hall–Kier alpha value is -1.38. The van der Waals surface area contributed by atoms with Crippen LogP contribution in [0, 0.1) is 11.8 Å². The summed E-state index contributed by atoms with van der Waals surface area (Å²) in [7, 11) is 0. The highest BCUT2D eigenvalue weighted by Crippen LogP contribution is 2.33. The first kappa shape index (κ1) is 30.8. The van der Waals surface area contributed by atoms with Gasteiger partial charge in [-0.15, -0.1) is 0 Å². The maximum atomic E-state index is 13.4. The Morgan fingerprint density at radius 1 is 0.750 bits per heavy atom. The van der Waals surface area contributed by atoms with Crippen LogP contribution in [0.15, 0.2) is 0 Å². The molecule has 36 heavy (non-hydrogen) atoms. The number of hydrogen-bond donors (Lipinski definition) is 3. The van der Waals surface area contributed by atoms with Gasteiger partial charge >= 0.3 is 12.2 Å². The molecular weight excluding hydrogens is 460 g/mol. The van der Waals surface area contributed by atoms with Crippen LogP contribution < -0.4 is 5.73 Å². The molecule has 4 N–H and O–H groups in total. The number of rotatable bonds is 8. The Balaban J connectivity index is 2.33. The molecule has 0 radical (unpaired) electrons. The molecule has 2 fully saturated rings. The summed E-state index contributed by atoms with van der Waals surface area (Å²) >= 11 is 0. The lowest BCUT2D eigenvalue weighted by molar-refractivity contribution is -0.0673. The van der Waals surface area contributed by atoms with Crippen LogP contribution in [0.25, 0.3) is 0 Å². The lowest BCUT2D eigenvalue weighted by Crippen LogP contribution is -2.59. The molecule has 0 aromatic heterocycles. The van der Waals surface area contributed by atoms with Crippen molar-refractivity contribution in [3.8, 4) is 0 Å². The first-order chi connectivity index (χ1) is 16.7. The number of carbonyl (C=O) groups excluding carboxylic acids is 2. The van der Waals surface area contributed by atoms with Gasteiger partial charge in [-0.2, -0.15) is 0 Å². The molecule has 0 bridgehead atoms. The van der Waals surface area contributed by atoms with E-state index in [1.54, 1.807) is 41.5 Å².